The Morgan fingerprint density at radius 1 is 0.653 bits per heavy atom. The predicted molar refractivity (Wildman–Crippen MR) is 363 cm³/mol. The van der Waals surface area contributed by atoms with Crippen LogP contribution >= 0.6 is 0 Å². The summed E-state index contributed by atoms with van der Waals surface area (Å²) in [5.74, 6) is -8.76. The van der Waals surface area contributed by atoms with Crippen LogP contribution in [0.2, 0.25) is 0 Å². The van der Waals surface area contributed by atoms with Crippen LogP contribution < -0.4 is 66.3 Å². The average Bonchev–Trinajstić information content (AvgIpc) is 1.75. The molecule has 2 saturated heterocycles. The van der Waals surface area contributed by atoms with Crippen LogP contribution in [0.4, 0.5) is 0 Å². The molecule has 23 N–H and O–H groups in total. The Balaban J connectivity index is 1.30. The Morgan fingerprint density at radius 3 is 1.66 bits per heavy atom. The molecule has 0 bridgehead atoms. The molecule has 7 unspecified atom stereocenters. The number of carboxylic acids is 1. The van der Waals surface area contributed by atoms with Crippen molar-refractivity contribution in [3.05, 3.63) is 18.2 Å². The van der Waals surface area contributed by atoms with Crippen LogP contribution in [0.5, 0.6) is 0 Å². The molecule has 2 aliphatic heterocycles. The summed E-state index contributed by atoms with van der Waals surface area (Å²) in [6.45, 7) is 3.76. The van der Waals surface area contributed by atoms with E-state index in [1.54, 1.807) is 0 Å². The summed E-state index contributed by atoms with van der Waals surface area (Å²) in [4.78, 5) is 127. The molecule has 0 radical (unpaired) electrons. The first-order chi connectivity index (χ1) is 45.3. The van der Waals surface area contributed by atoms with Crippen molar-refractivity contribution in [1.82, 2.24) is 46.8 Å². The number of nitrogens with one attached hydrogen (secondary N) is 7. The number of primary amides is 1. The van der Waals surface area contributed by atoms with Gasteiger partial charge in [-0.05, 0) is 84.5 Å². The summed E-state index contributed by atoms with van der Waals surface area (Å²) in [5, 5.41) is 57.0. The van der Waals surface area contributed by atoms with E-state index >= 15 is 0 Å². The Kier molecular flexibility index (Phi) is 42.1. The van der Waals surface area contributed by atoms with Gasteiger partial charge >= 0.3 is 5.97 Å². The number of carbonyl (C=O) groups excluding carboxylic acids is 8. The van der Waals surface area contributed by atoms with Crippen LogP contribution in [0.25, 0.3) is 0 Å². The van der Waals surface area contributed by atoms with Gasteiger partial charge in [-0.3, -0.25) is 43.2 Å². The molecule has 0 spiro atoms. The van der Waals surface area contributed by atoms with Gasteiger partial charge in [-0.2, -0.15) is 0 Å². The van der Waals surface area contributed by atoms with Crippen LogP contribution in [0.1, 0.15) is 251 Å². The second-order valence-electron chi connectivity index (χ2n) is 27.2. The summed E-state index contributed by atoms with van der Waals surface area (Å²) in [5.41, 5.74) is 36.4. The molecule has 8 amide bonds. The smallest absolute Gasteiger partial charge is 0.321 e. The summed E-state index contributed by atoms with van der Waals surface area (Å²) in [6, 6.07) is -9.01. The van der Waals surface area contributed by atoms with Gasteiger partial charge in [0.25, 0.3) is 0 Å². The number of nitrogens with two attached hydrogens (primary N) is 6. The van der Waals surface area contributed by atoms with E-state index < -0.39 is 133 Å². The molecule has 0 aromatic carbocycles. The Morgan fingerprint density at radius 2 is 1.17 bits per heavy atom. The average molecular weight is 1350 g/mol. The van der Waals surface area contributed by atoms with Gasteiger partial charge < -0.3 is 96.6 Å². The van der Waals surface area contributed by atoms with Gasteiger partial charge in [0.15, 0.2) is 0 Å². The van der Waals surface area contributed by atoms with Crippen LogP contribution in [0.15, 0.2) is 12.5 Å². The van der Waals surface area contributed by atoms with E-state index in [1.165, 1.54) is 114 Å². The first-order valence-corrected chi connectivity index (χ1v) is 35.7. The lowest BCUT2D eigenvalue weighted by Crippen LogP contribution is -2.62. The highest BCUT2D eigenvalue weighted by molar-refractivity contribution is 5.99. The maximum Gasteiger partial charge on any atom is 0.321 e. The third-order valence-electron chi connectivity index (χ3n) is 18.3. The molecule has 2 aliphatic rings. The lowest BCUT2D eigenvalue weighted by Gasteiger charge is -2.35. The maximum atomic E-state index is 14.4. The number of carboxylic acid groups (broad SMARTS) is 1. The van der Waals surface area contributed by atoms with E-state index in [4.69, 9.17) is 34.4 Å². The first kappa shape index (κ1) is 83.3. The number of hydrogen-bond donors (Lipinski definition) is 17. The van der Waals surface area contributed by atoms with Gasteiger partial charge in [0, 0.05) is 62.0 Å². The zero-order valence-corrected chi connectivity index (χ0v) is 57.1. The summed E-state index contributed by atoms with van der Waals surface area (Å²) in [7, 11) is 0. The number of aromatic nitrogens is 2. The molecule has 14 atom stereocenters. The molecule has 1 aromatic heterocycles. The molecule has 28 nitrogen and oxygen atoms in total. The van der Waals surface area contributed by atoms with E-state index in [0.717, 1.165) is 83.5 Å². The van der Waals surface area contributed by atoms with E-state index in [9.17, 15) is 63.6 Å². The number of amides is 8. The SMILES string of the molecule is CC(N)CCCCCCCC(N)CCCCCCCC(N)CCCCCCCC(N)CCCCCCC[C@@H](O)CCNC(=O)CC(O)C[C@@H](O)[C@@H]1CCCN1C(=O)C1NC(=O)[C@H](CC(N)=O)NC(=O)[C@H](NC(=O)[C@H](Cc2cnc[nH]2)NC(=O)C[C@H](N)C(=O)O)CC(=O)NC1C. The zero-order valence-electron chi connectivity index (χ0n) is 57.1. The molecule has 1 aromatic rings. The standard InChI is InChI=1S/C67H123N15O13/c1-44(68)24-15-7-3-8-16-25-46(69)26-17-9-4-10-18-27-47(70)28-19-11-5-12-20-29-48(71)30-21-13-6-14-22-31-50(83)33-34-75-59(87)38-51(84)37-57(85)56-32-23-35-82(56)66(93)62-45(2)77-61(89)41-55(64(91)79-54(40-58(73)86)65(92)81-62)80-63(90)53(36-49-42-74-43-76-49)78-60(88)39-52(72)67(94)95/h42-48,50-57,62,83-85H,3-41,68-72H2,1-2H3,(H2,73,86)(H,74,76)(H,75,87)(H,77,89)(H,78,88)(H,79,91)(H,80,90)(H,81,92)(H,94,95)/t44?,45?,46?,47?,48?,50-,51?,52+,53+,54+,55-,56+,57-,62?/m1/s1. The lowest BCUT2D eigenvalue weighted by atomic mass is 9.98. The highest BCUT2D eigenvalue weighted by Crippen LogP contribution is 2.26. The van der Waals surface area contributed by atoms with Gasteiger partial charge in [0.05, 0.1) is 62.4 Å². The number of rotatable bonds is 51. The monoisotopic (exact) mass is 1350 g/mol. The first-order valence-electron chi connectivity index (χ1n) is 35.7. The minimum Gasteiger partial charge on any atom is -0.480 e. The Hall–Kier alpha value is -5.88. The van der Waals surface area contributed by atoms with E-state index in [2.05, 4.69) is 48.8 Å². The number of nitrogens with zero attached hydrogens (tertiary/aromatic N) is 2. The van der Waals surface area contributed by atoms with Crippen LogP contribution in [0.3, 0.4) is 0 Å². The lowest BCUT2D eigenvalue weighted by molar-refractivity contribution is -0.141. The summed E-state index contributed by atoms with van der Waals surface area (Å²) in [6.07, 6.45) is 29.3. The van der Waals surface area contributed by atoms with Crippen molar-refractivity contribution in [2.75, 3.05) is 13.1 Å². The minimum atomic E-state index is -1.75. The molecule has 3 heterocycles. The molecule has 0 saturated carbocycles. The Labute approximate surface area is 563 Å². The number of aromatic amines is 1. The topological polar surface area (TPSA) is 495 Å². The van der Waals surface area contributed by atoms with E-state index in [1.807, 2.05) is 0 Å². The number of carbonyl (C=O) groups is 9. The predicted octanol–water partition coefficient (Wildman–Crippen LogP) is 2.09. The molecular weight excluding hydrogens is 1220 g/mol. The van der Waals surface area contributed by atoms with Crippen molar-refractivity contribution >= 4 is 53.2 Å². The summed E-state index contributed by atoms with van der Waals surface area (Å²) < 4.78 is 0. The van der Waals surface area contributed by atoms with Gasteiger partial charge in [0.2, 0.25) is 47.3 Å². The van der Waals surface area contributed by atoms with Gasteiger partial charge in [0.1, 0.15) is 30.2 Å². The van der Waals surface area contributed by atoms with Crippen LogP contribution in [-0.2, 0) is 49.6 Å². The van der Waals surface area contributed by atoms with Gasteiger partial charge in [-0.1, -0.05) is 128 Å². The summed E-state index contributed by atoms with van der Waals surface area (Å²) >= 11 is 0. The highest BCUT2D eigenvalue weighted by Gasteiger charge is 2.42. The number of likely N-dealkylation sites (tertiary alicyclic amines) is 1. The highest BCUT2D eigenvalue weighted by atomic mass is 16.4. The fraction of sp³-hybridized carbons (Fsp3) is 0.821. The van der Waals surface area contributed by atoms with Crippen molar-refractivity contribution in [3.63, 3.8) is 0 Å². The number of aliphatic carboxylic acids is 1. The molecule has 2 fully saturated rings. The molecule has 95 heavy (non-hydrogen) atoms. The van der Waals surface area contributed by atoms with E-state index in [-0.39, 0.29) is 44.8 Å². The normalized spacial score (nSPS) is 20.7. The fourth-order valence-corrected chi connectivity index (χ4v) is 12.6. The van der Waals surface area contributed by atoms with E-state index in [0.29, 0.717) is 43.1 Å². The zero-order chi connectivity index (χ0) is 70.1. The van der Waals surface area contributed by atoms with Crippen molar-refractivity contribution < 1.29 is 63.6 Å². The Bertz CT molecular complexity index is 2390. The van der Waals surface area contributed by atoms with Crippen molar-refractivity contribution in [1.29, 1.82) is 0 Å². The van der Waals surface area contributed by atoms with Crippen molar-refractivity contribution in [3.8, 4) is 0 Å². The molecular formula is C67H123N15O13. The van der Waals surface area contributed by atoms with Crippen LogP contribution in [-0.4, -0.2) is 186 Å². The van der Waals surface area contributed by atoms with Crippen LogP contribution in [0, 0.1) is 0 Å². The van der Waals surface area contributed by atoms with Gasteiger partial charge in [-0.15, -0.1) is 0 Å². The quantitative estimate of drug-likeness (QED) is 0.0415. The molecule has 0 aliphatic carbocycles. The fourth-order valence-electron chi connectivity index (χ4n) is 12.6. The number of imidazole rings is 1. The molecule has 28 heteroatoms. The van der Waals surface area contributed by atoms with Gasteiger partial charge in [-0.25, -0.2) is 4.98 Å². The second-order valence-corrected chi connectivity index (χ2v) is 27.2. The number of aliphatic hydroxyl groups is 3. The maximum absolute atomic E-state index is 14.4. The second kappa shape index (κ2) is 47.9. The minimum absolute atomic E-state index is 0.101. The van der Waals surface area contributed by atoms with Crippen molar-refractivity contribution in [2.24, 2.45) is 34.4 Å². The van der Waals surface area contributed by atoms with Crippen molar-refractivity contribution in [2.45, 2.75) is 336 Å². The third-order valence-corrected chi connectivity index (χ3v) is 18.3. The molecule has 544 valence electrons. The number of H-pyrrole nitrogens is 1. The number of hydrogen-bond acceptors (Lipinski definition) is 18. The molecule has 3 rings (SSSR count). The largest absolute Gasteiger partial charge is 0.480 e. The third kappa shape index (κ3) is 36.9. The number of unbranched alkanes of at least 4 members (excludes halogenated alkanes) is 16. The number of aliphatic hydroxyl groups excluding tert-OH is 3.